The number of nitrogens with zero attached hydrogens (tertiary/aromatic N) is 1. The second kappa shape index (κ2) is 3.47. The first kappa shape index (κ1) is 9.92. The third-order valence-corrected chi connectivity index (χ3v) is 3.41. The predicted octanol–water partition coefficient (Wildman–Crippen LogP) is 4.79. The molecule has 86 valence electrons. The van der Waals surface area contributed by atoms with Gasteiger partial charge in [0.15, 0.2) is 0 Å². The second-order valence-electron chi connectivity index (χ2n) is 4.27. The van der Waals surface area contributed by atoms with Crippen LogP contribution in [-0.4, -0.2) is 4.98 Å². The van der Waals surface area contributed by atoms with Crippen molar-refractivity contribution in [3.05, 3.63) is 53.8 Å². The summed E-state index contributed by atoms with van der Waals surface area (Å²) in [5, 5.41) is 4.86. The lowest BCUT2D eigenvalue weighted by atomic mass is 10.1. The van der Waals surface area contributed by atoms with Gasteiger partial charge in [-0.25, -0.2) is 4.98 Å². The lowest BCUT2D eigenvalue weighted by Gasteiger charge is -1.99. The normalized spacial score (nSPS) is 11.6. The number of benzene rings is 2. The van der Waals surface area contributed by atoms with Gasteiger partial charge in [0.05, 0.1) is 0 Å². The van der Waals surface area contributed by atoms with Gasteiger partial charge in [-0.3, -0.25) is 0 Å². The Morgan fingerprint density at radius 3 is 2.78 bits per heavy atom. The maximum atomic E-state index is 6.00. The first-order valence-electron chi connectivity index (χ1n) is 5.68. The molecule has 4 aromatic rings. The topological polar surface area (TPSA) is 26.0 Å². The number of rotatable bonds is 0. The lowest BCUT2D eigenvalue weighted by Crippen LogP contribution is -1.78. The minimum Gasteiger partial charge on any atom is -0.456 e. The van der Waals surface area contributed by atoms with Crippen molar-refractivity contribution in [2.45, 2.75) is 0 Å². The van der Waals surface area contributed by atoms with E-state index in [-0.39, 0.29) is 0 Å². The molecule has 0 saturated carbocycles. The van der Waals surface area contributed by atoms with Crippen molar-refractivity contribution >= 4 is 44.3 Å². The molecule has 0 unspecified atom stereocenters. The quantitative estimate of drug-likeness (QED) is 0.421. The highest BCUT2D eigenvalue weighted by Gasteiger charge is 2.10. The predicted molar refractivity (Wildman–Crippen MR) is 74.0 cm³/mol. The molecule has 0 N–H and O–H groups in total. The standard InChI is InChI=1S/C15H8ClNO/c16-14-7-11-9(8-17-14)5-6-13-15(11)10-3-1-2-4-12(10)18-13/h1-8H. The Balaban J connectivity index is 2.35. The van der Waals surface area contributed by atoms with E-state index >= 15 is 0 Å². The number of hydrogen-bond donors (Lipinski definition) is 0. The first-order valence-corrected chi connectivity index (χ1v) is 6.06. The molecule has 0 radical (unpaired) electrons. The molecular formula is C15H8ClNO. The highest BCUT2D eigenvalue weighted by molar-refractivity contribution is 6.31. The van der Waals surface area contributed by atoms with E-state index in [2.05, 4.69) is 11.1 Å². The molecule has 0 atom stereocenters. The summed E-state index contributed by atoms with van der Waals surface area (Å²) in [6, 6.07) is 13.9. The van der Waals surface area contributed by atoms with Crippen LogP contribution < -0.4 is 0 Å². The number of fused-ring (bicyclic) bond motifs is 5. The number of hydrogen-bond acceptors (Lipinski definition) is 2. The molecule has 3 heteroatoms. The molecule has 0 spiro atoms. The Hall–Kier alpha value is -2.06. The van der Waals surface area contributed by atoms with Gasteiger partial charge < -0.3 is 4.42 Å². The number of halogens is 1. The van der Waals surface area contributed by atoms with E-state index in [0.29, 0.717) is 5.15 Å². The van der Waals surface area contributed by atoms with Gasteiger partial charge in [0.25, 0.3) is 0 Å². The minimum absolute atomic E-state index is 0.500. The van der Waals surface area contributed by atoms with Crippen molar-refractivity contribution in [1.29, 1.82) is 0 Å². The zero-order valence-corrected chi connectivity index (χ0v) is 10.1. The molecule has 0 amide bonds. The van der Waals surface area contributed by atoms with E-state index < -0.39 is 0 Å². The van der Waals surface area contributed by atoms with E-state index in [9.17, 15) is 0 Å². The van der Waals surface area contributed by atoms with Crippen LogP contribution in [0.3, 0.4) is 0 Å². The molecule has 0 aliphatic rings. The molecule has 0 aliphatic carbocycles. The Labute approximate surface area is 108 Å². The fourth-order valence-electron chi connectivity index (χ4n) is 2.41. The summed E-state index contributed by atoms with van der Waals surface area (Å²) in [6.45, 7) is 0. The number of pyridine rings is 1. The SMILES string of the molecule is Clc1cc2c(ccc3oc4ccccc4c32)cn1. The maximum absolute atomic E-state index is 6.00. The summed E-state index contributed by atoms with van der Waals surface area (Å²) in [4.78, 5) is 4.11. The van der Waals surface area contributed by atoms with Crippen LogP contribution in [0, 0.1) is 0 Å². The summed E-state index contributed by atoms with van der Waals surface area (Å²) in [7, 11) is 0. The second-order valence-corrected chi connectivity index (χ2v) is 4.65. The van der Waals surface area contributed by atoms with E-state index in [0.717, 1.165) is 32.7 Å². The molecule has 18 heavy (non-hydrogen) atoms. The van der Waals surface area contributed by atoms with Gasteiger partial charge in [-0.15, -0.1) is 0 Å². The van der Waals surface area contributed by atoms with Crippen molar-refractivity contribution in [1.82, 2.24) is 4.98 Å². The molecule has 0 bridgehead atoms. The fourth-order valence-corrected chi connectivity index (χ4v) is 2.57. The third-order valence-electron chi connectivity index (χ3n) is 3.21. The van der Waals surface area contributed by atoms with Crippen molar-refractivity contribution in [2.75, 3.05) is 0 Å². The van der Waals surface area contributed by atoms with Crippen LogP contribution in [-0.2, 0) is 0 Å². The summed E-state index contributed by atoms with van der Waals surface area (Å²) in [6.07, 6.45) is 1.79. The van der Waals surface area contributed by atoms with Crippen LogP contribution in [0.4, 0.5) is 0 Å². The van der Waals surface area contributed by atoms with Gasteiger partial charge in [0, 0.05) is 22.4 Å². The molecule has 2 aromatic heterocycles. The molecule has 0 fully saturated rings. The van der Waals surface area contributed by atoms with Gasteiger partial charge in [-0.1, -0.05) is 29.8 Å². The molecule has 2 heterocycles. The average molecular weight is 254 g/mol. The van der Waals surface area contributed by atoms with Crippen LogP contribution in [0.1, 0.15) is 0 Å². The van der Waals surface area contributed by atoms with Crippen LogP contribution in [0.2, 0.25) is 5.15 Å². The Kier molecular flexibility index (Phi) is 1.91. The van der Waals surface area contributed by atoms with E-state index in [4.69, 9.17) is 16.0 Å². The van der Waals surface area contributed by atoms with Gasteiger partial charge >= 0.3 is 0 Å². The number of aromatic nitrogens is 1. The molecule has 0 aliphatic heterocycles. The smallest absolute Gasteiger partial charge is 0.136 e. The maximum Gasteiger partial charge on any atom is 0.136 e. The van der Waals surface area contributed by atoms with E-state index in [1.165, 1.54) is 0 Å². The zero-order valence-electron chi connectivity index (χ0n) is 9.35. The van der Waals surface area contributed by atoms with Gasteiger partial charge in [-0.2, -0.15) is 0 Å². The van der Waals surface area contributed by atoms with Crippen molar-refractivity contribution in [3.8, 4) is 0 Å². The molecule has 2 nitrogen and oxygen atoms in total. The average Bonchev–Trinajstić information content (AvgIpc) is 2.77. The van der Waals surface area contributed by atoms with Crippen LogP contribution in [0.5, 0.6) is 0 Å². The van der Waals surface area contributed by atoms with Gasteiger partial charge in [0.2, 0.25) is 0 Å². The molecule has 4 rings (SSSR count). The molecule has 0 saturated heterocycles. The van der Waals surface area contributed by atoms with Crippen molar-refractivity contribution in [3.63, 3.8) is 0 Å². The summed E-state index contributed by atoms with van der Waals surface area (Å²) in [5.74, 6) is 0. The number of para-hydroxylation sites is 1. The van der Waals surface area contributed by atoms with E-state index in [1.54, 1.807) is 6.20 Å². The highest BCUT2D eigenvalue weighted by Crippen LogP contribution is 2.34. The summed E-state index contributed by atoms with van der Waals surface area (Å²) < 4.78 is 5.84. The number of furan rings is 1. The van der Waals surface area contributed by atoms with E-state index in [1.807, 2.05) is 36.4 Å². The fraction of sp³-hybridized carbons (Fsp3) is 0. The Morgan fingerprint density at radius 1 is 0.944 bits per heavy atom. The lowest BCUT2D eigenvalue weighted by molar-refractivity contribution is 0.669. The highest BCUT2D eigenvalue weighted by atomic mass is 35.5. The van der Waals surface area contributed by atoms with Crippen LogP contribution in [0.15, 0.2) is 53.1 Å². The minimum atomic E-state index is 0.500. The largest absolute Gasteiger partial charge is 0.456 e. The zero-order chi connectivity index (χ0) is 12.1. The summed E-state index contributed by atoms with van der Waals surface area (Å²) >= 11 is 6.00. The Morgan fingerprint density at radius 2 is 1.83 bits per heavy atom. The molecular weight excluding hydrogens is 246 g/mol. The third kappa shape index (κ3) is 1.27. The van der Waals surface area contributed by atoms with Crippen molar-refractivity contribution in [2.24, 2.45) is 0 Å². The first-order chi connectivity index (χ1) is 8.83. The monoisotopic (exact) mass is 253 g/mol. The van der Waals surface area contributed by atoms with Gasteiger partial charge in [-0.05, 0) is 29.7 Å². The van der Waals surface area contributed by atoms with Crippen LogP contribution >= 0.6 is 11.6 Å². The van der Waals surface area contributed by atoms with Crippen molar-refractivity contribution < 1.29 is 4.42 Å². The summed E-state index contributed by atoms with van der Waals surface area (Å²) in [5.41, 5.74) is 1.78. The Bertz CT molecular complexity index is 895. The van der Waals surface area contributed by atoms with Crippen LogP contribution in [0.25, 0.3) is 32.7 Å². The van der Waals surface area contributed by atoms with Gasteiger partial charge in [0.1, 0.15) is 16.3 Å². The molecule has 2 aromatic carbocycles.